The molecule has 32 heavy (non-hydrogen) atoms. The molecule has 166 valence electrons. The molecule has 0 spiro atoms. The molecule has 2 heterocycles. The van der Waals surface area contributed by atoms with Crippen molar-refractivity contribution >= 4 is 17.0 Å². The molecule has 0 unspecified atom stereocenters. The number of nitrogens with one attached hydrogen (secondary N) is 2. The lowest BCUT2D eigenvalue weighted by Gasteiger charge is -2.18. The van der Waals surface area contributed by atoms with Gasteiger partial charge in [-0.05, 0) is 47.9 Å². The molecule has 1 saturated heterocycles. The third-order valence-electron chi connectivity index (χ3n) is 5.51. The number of amides is 1. The highest BCUT2D eigenvalue weighted by Gasteiger charge is 2.24. The van der Waals surface area contributed by atoms with Crippen LogP contribution in [0.25, 0.3) is 22.2 Å². The molecule has 1 aliphatic rings. The quantitative estimate of drug-likeness (QED) is 0.630. The molecule has 0 bridgehead atoms. The standard InChI is InChI=1S/C23H23FN4O4/c1-28-19-11-15(5-6-20(19)32-23(28)30)14-3-4-16(18(24)10-14)9-17(12-25)27-22(29)21-13-26-7-2-8-31-21/h3-6,10-11,17,21,26H,2,7-9,13H2,1H3,(H,27,29)/t17-,21+/m1/s1. The molecule has 2 atom stereocenters. The van der Waals surface area contributed by atoms with Gasteiger partial charge in [-0.1, -0.05) is 18.2 Å². The van der Waals surface area contributed by atoms with Crippen molar-refractivity contribution < 1.29 is 18.3 Å². The second kappa shape index (κ2) is 9.34. The summed E-state index contributed by atoms with van der Waals surface area (Å²) in [4.78, 5) is 24.1. The lowest BCUT2D eigenvalue weighted by atomic mass is 10.00. The van der Waals surface area contributed by atoms with Gasteiger partial charge in [-0.3, -0.25) is 9.36 Å². The number of ether oxygens (including phenoxy) is 1. The molecular formula is C23H23FN4O4. The number of hydrogen-bond acceptors (Lipinski definition) is 6. The zero-order valence-electron chi connectivity index (χ0n) is 17.6. The zero-order chi connectivity index (χ0) is 22.7. The number of hydrogen-bond donors (Lipinski definition) is 2. The molecular weight excluding hydrogens is 415 g/mol. The van der Waals surface area contributed by atoms with Crippen LogP contribution in [0.3, 0.4) is 0 Å². The average Bonchev–Trinajstić information content (AvgIpc) is 2.97. The van der Waals surface area contributed by atoms with E-state index in [1.165, 1.54) is 10.6 Å². The number of nitriles is 1. The van der Waals surface area contributed by atoms with E-state index in [0.717, 1.165) is 18.5 Å². The fourth-order valence-corrected chi connectivity index (χ4v) is 3.70. The number of nitrogens with zero attached hydrogens (tertiary/aromatic N) is 2. The number of carbonyl (C=O) groups is 1. The highest BCUT2D eigenvalue weighted by Crippen LogP contribution is 2.26. The van der Waals surface area contributed by atoms with E-state index in [4.69, 9.17) is 9.15 Å². The Hall–Kier alpha value is -3.48. The number of halogens is 1. The van der Waals surface area contributed by atoms with Crippen LogP contribution in [0.5, 0.6) is 0 Å². The van der Waals surface area contributed by atoms with E-state index in [2.05, 4.69) is 10.6 Å². The Balaban J connectivity index is 1.49. The fourth-order valence-electron chi connectivity index (χ4n) is 3.70. The third kappa shape index (κ3) is 4.56. The summed E-state index contributed by atoms with van der Waals surface area (Å²) in [6, 6.07) is 11.0. The van der Waals surface area contributed by atoms with E-state index in [1.54, 1.807) is 37.4 Å². The number of carbonyl (C=O) groups excluding carboxylic acids is 1. The van der Waals surface area contributed by atoms with Crippen LogP contribution < -0.4 is 16.4 Å². The average molecular weight is 438 g/mol. The van der Waals surface area contributed by atoms with Crippen LogP contribution in [-0.2, 0) is 23.0 Å². The molecule has 8 nitrogen and oxygen atoms in total. The monoisotopic (exact) mass is 438 g/mol. The molecule has 0 radical (unpaired) electrons. The molecule has 3 aromatic rings. The van der Waals surface area contributed by atoms with Gasteiger partial charge < -0.3 is 19.8 Å². The predicted octanol–water partition coefficient (Wildman–Crippen LogP) is 1.87. The molecule has 2 aromatic carbocycles. The van der Waals surface area contributed by atoms with E-state index in [1.807, 2.05) is 6.07 Å². The minimum Gasteiger partial charge on any atom is -0.408 e. The van der Waals surface area contributed by atoms with Crippen molar-refractivity contribution in [2.75, 3.05) is 19.7 Å². The predicted molar refractivity (Wildman–Crippen MR) is 115 cm³/mol. The van der Waals surface area contributed by atoms with Crippen LogP contribution in [0, 0.1) is 17.1 Å². The van der Waals surface area contributed by atoms with Gasteiger partial charge in [0.1, 0.15) is 18.0 Å². The van der Waals surface area contributed by atoms with Gasteiger partial charge >= 0.3 is 5.76 Å². The Morgan fingerprint density at radius 2 is 2.12 bits per heavy atom. The van der Waals surface area contributed by atoms with Crippen LogP contribution in [0.4, 0.5) is 4.39 Å². The number of benzene rings is 2. The van der Waals surface area contributed by atoms with E-state index in [9.17, 15) is 19.2 Å². The van der Waals surface area contributed by atoms with Gasteiger partial charge in [0.05, 0.1) is 11.6 Å². The van der Waals surface area contributed by atoms with Gasteiger partial charge in [-0.15, -0.1) is 0 Å². The van der Waals surface area contributed by atoms with Crippen molar-refractivity contribution in [3.8, 4) is 17.2 Å². The van der Waals surface area contributed by atoms with E-state index in [-0.39, 0.29) is 12.3 Å². The first-order chi connectivity index (χ1) is 15.5. The SMILES string of the molecule is Cn1c(=O)oc2ccc(-c3ccc(C[C@H](C#N)NC(=O)[C@@H]4CNCCCO4)c(F)c3)cc21. The van der Waals surface area contributed by atoms with Gasteiger partial charge in [0.25, 0.3) is 5.91 Å². The first-order valence-electron chi connectivity index (χ1n) is 10.4. The van der Waals surface area contributed by atoms with Crippen molar-refractivity contribution in [2.24, 2.45) is 7.05 Å². The van der Waals surface area contributed by atoms with Crippen LogP contribution in [0.2, 0.25) is 0 Å². The Bertz CT molecular complexity index is 1240. The maximum Gasteiger partial charge on any atom is 0.419 e. The first-order valence-corrected chi connectivity index (χ1v) is 10.4. The second-order valence-corrected chi connectivity index (χ2v) is 7.73. The minimum absolute atomic E-state index is 0.0315. The molecule has 1 aromatic heterocycles. The smallest absolute Gasteiger partial charge is 0.408 e. The van der Waals surface area contributed by atoms with Crippen LogP contribution in [0.15, 0.2) is 45.6 Å². The third-order valence-corrected chi connectivity index (χ3v) is 5.51. The Morgan fingerprint density at radius 3 is 2.91 bits per heavy atom. The minimum atomic E-state index is -0.883. The highest BCUT2D eigenvalue weighted by molar-refractivity contribution is 5.82. The van der Waals surface area contributed by atoms with Crippen molar-refractivity contribution in [1.29, 1.82) is 5.26 Å². The topological polar surface area (TPSA) is 109 Å². The molecule has 1 amide bonds. The number of fused-ring (bicyclic) bond motifs is 1. The molecule has 9 heteroatoms. The Morgan fingerprint density at radius 1 is 1.34 bits per heavy atom. The van der Waals surface area contributed by atoms with Crippen molar-refractivity contribution in [3.63, 3.8) is 0 Å². The molecule has 2 N–H and O–H groups in total. The van der Waals surface area contributed by atoms with Gasteiger partial charge in [0.15, 0.2) is 5.58 Å². The van der Waals surface area contributed by atoms with Crippen LogP contribution in [-0.4, -0.2) is 42.3 Å². The lowest BCUT2D eigenvalue weighted by Crippen LogP contribution is -2.46. The summed E-state index contributed by atoms with van der Waals surface area (Å²) in [6.07, 6.45) is 0.172. The number of aryl methyl sites for hydroxylation is 1. The summed E-state index contributed by atoms with van der Waals surface area (Å²) in [5.74, 6) is -1.33. The van der Waals surface area contributed by atoms with Crippen LogP contribution >= 0.6 is 0 Å². The Kier molecular flexibility index (Phi) is 6.35. The maximum atomic E-state index is 14.8. The normalized spacial score (nSPS) is 17.5. The van der Waals surface area contributed by atoms with Crippen molar-refractivity contribution in [3.05, 3.63) is 58.3 Å². The molecule has 1 aliphatic heterocycles. The van der Waals surface area contributed by atoms with E-state index >= 15 is 0 Å². The number of rotatable bonds is 5. The van der Waals surface area contributed by atoms with Crippen molar-refractivity contribution in [2.45, 2.75) is 25.0 Å². The fraction of sp³-hybridized carbons (Fsp3) is 0.348. The summed E-state index contributed by atoms with van der Waals surface area (Å²) in [7, 11) is 1.61. The van der Waals surface area contributed by atoms with Crippen LogP contribution in [0.1, 0.15) is 12.0 Å². The van der Waals surface area contributed by atoms with Crippen molar-refractivity contribution in [1.82, 2.24) is 15.2 Å². The maximum absolute atomic E-state index is 14.8. The summed E-state index contributed by atoms with van der Waals surface area (Å²) in [5.41, 5.74) is 2.73. The van der Waals surface area contributed by atoms with Gasteiger partial charge in [0.2, 0.25) is 0 Å². The molecule has 0 saturated carbocycles. The lowest BCUT2D eigenvalue weighted by molar-refractivity contribution is -0.132. The number of aromatic nitrogens is 1. The molecule has 1 fully saturated rings. The van der Waals surface area contributed by atoms with Gasteiger partial charge in [-0.25, -0.2) is 9.18 Å². The summed E-state index contributed by atoms with van der Waals surface area (Å²) in [6.45, 7) is 1.61. The molecule has 0 aliphatic carbocycles. The second-order valence-electron chi connectivity index (χ2n) is 7.73. The summed E-state index contributed by atoms with van der Waals surface area (Å²) >= 11 is 0. The summed E-state index contributed by atoms with van der Waals surface area (Å²) in [5, 5.41) is 15.2. The zero-order valence-corrected chi connectivity index (χ0v) is 17.6. The first kappa shape index (κ1) is 21.7. The highest BCUT2D eigenvalue weighted by atomic mass is 19.1. The number of oxazole rings is 1. The van der Waals surface area contributed by atoms with E-state index in [0.29, 0.717) is 35.4 Å². The molecule has 4 rings (SSSR count). The van der Waals surface area contributed by atoms with Gasteiger partial charge in [0, 0.05) is 26.6 Å². The Labute approximate surface area is 183 Å². The summed E-state index contributed by atoms with van der Waals surface area (Å²) < 4.78 is 26.9. The van der Waals surface area contributed by atoms with Gasteiger partial charge in [-0.2, -0.15) is 5.26 Å². The largest absolute Gasteiger partial charge is 0.419 e. The van der Waals surface area contributed by atoms with E-state index < -0.39 is 23.7 Å².